The summed E-state index contributed by atoms with van der Waals surface area (Å²) in [4.78, 5) is 29.5. The molecule has 7 nitrogen and oxygen atoms in total. The number of rotatable bonds is 4. The van der Waals surface area contributed by atoms with Crippen LogP contribution in [0.5, 0.6) is 0 Å². The lowest BCUT2D eigenvalue weighted by molar-refractivity contribution is 0.411. The first-order valence-corrected chi connectivity index (χ1v) is 7.11. The Bertz CT molecular complexity index is 789. The van der Waals surface area contributed by atoms with Crippen LogP contribution in [0.1, 0.15) is 33.0 Å². The van der Waals surface area contributed by atoms with Crippen LogP contribution in [-0.2, 0) is 27.1 Å². The highest BCUT2D eigenvalue weighted by atomic mass is 16.2. The molecule has 0 aromatic carbocycles. The third kappa shape index (κ3) is 2.65. The molecular formula is C14H23N5O2. The van der Waals surface area contributed by atoms with Crippen molar-refractivity contribution in [3.63, 3.8) is 0 Å². The monoisotopic (exact) mass is 293 g/mol. The van der Waals surface area contributed by atoms with E-state index in [1.54, 1.807) is 25.5 Å². The molecular weight excluding hydrogens is 270 g/mol. The van der Waals surface area contributed by atoms with Crippen molar-refractivity contribution in [1.29, 1.82) is 0 Å². The number of fused-ring (bicyclic) bond motifs is 1. The van der Waals surface area contributed by atoms with Gasteiger partial charge in [0.15, 0.2) is 11.2 Å². The average Bonchev–Trinajstić information content (AvgIpc) is 2.69. The van der Waals surface area contributed by atoms with Crippen molar-refractivity contribution in [2.45, 2.75) is 45.7 Å². The fourth-order valence-corrected chi connectivity index (χ4v) is 2.48. The predicted molar refractivity (Wildman–Crippen MR) is 82.5 cm³/mol. The molecule has 0 bridgehead atoms. The van der Waals surface area contributed by atoms with Gasteiger partial charge < -0.3 is 10.3 Å². The van der Waals surface area contributed by atoms with E-state index in [4.69, 9.17) is 5.73 Å². The summed E-state index contributed by atoms with van der Waals surface area (Å²) < 4.78 is 4.39. The smallest absolute Gasteiger partial charge is 0.325 e. The first-order chi connectivity index (χ1) is 9.67. The number of hydrogen-bond acceptors (Lipinski definition) is 4. The zero-order valence-electron chi connectivity index (χ0n) is 13.3. The van der Waals surface area contributed by atoms with Crippen molar-refractivity contribution in [3.05, 3.63) is 26.7 Å². The van der Waals surface area contributed by atoms with E-state index in [0.717, 1.165) is 18.7 Å². The van der Waals surface area contributed by atoms with Crippen LogP contribution in [0.3, 0.4) is 0 Å². The van der Waals surface area contributed by atoms with Crippen molar-refractivity contribution >= 4 is 11.2 Å². The fraction of sp³-hybridized carbons (Fsp3) is 0.643. The van der Waals surface area contributed by atoms with Crippen molar-refractivity contribution in [2.24, 2.45) is 19.8 Å². The molecule has 0 aliphatic rings. The lowest BCUT2D eigenvalue weighted by atomic mass is 10.1. The Hall–Kier alpha value is -1.89. The van der Waals surface area contributed by atoms with Gasteiger partial charge in [-0.1, -0.05) is 6.92 Å². The van der Waals surface area contributed by atoms with E-state index in [9.17, 15) is 9.59 Å². The summed E-state index contributed by atoms with van der Waals surface area (Å²) in [6.07, 6.45) is 1.69. The summed E-state index contributed by atoms with van der Waals surface area (Å²) in [7, 11) is 3.44. The highest BCUT2D eigenvalue weighted by molar-refractivity contribution is 5.70. The third-order valence-corrected chi connectivity index (χ3v) is 3.49. The molecule has 0 aliphatic carbocycles. The van der Waals surface area contributed by atoms with Crippen LogP contribution in [0.4, 0.5) is 0 Å². The molecule has 2 N–H and O–H groups in total. The normalized spacial score (nSPS) is 12.3. The predicted octanol–water partition coefficient (Wildman–Crippen LogP) is 0.124. The lowest BCUT2D eigenvalue weighted by Gasteiger charge is -2.19. The number of aryl methyl sites for hydroxylation is 3. The zero-order chi connectivity index (χ0) is 15.9. The molecule has 0 radical (unpaired) electrons. The quantitative estimate of drug-likeness (QED) is 0.867. The Morgan fingerprint density at radius 3 is 2.33 bits per heavy atom. The molecule has 0 saturated carbocycles. The van der Waals surface area contributed by atoms with Gasteiger partial charge in [-0.3, -0.25) is 13.9 Å². The molecule has 0 aliphatic heterocycles. The molecule has 0 saturated heterocycles. The van der Waals surface area contributed by atoms with Gasteiger partial charge in [-0.25, -0.2) is 9.78 Å². The Kier molecular flexibility index (Phi) is 3.79. The van der Waals surface area contributed by atoms with Gasteiger partial charge in [0, 0.05) is 32.6 Å². The minimum Gasteiger partial charge on any atom is -0.325 e. The molecule has 2 rings (SSSR count). The standard InChI is InChI=1S/C14H23N5O2/c1-6-7-9-16-11-10(17(9)4)12(20)19(8-14(2,3)15)13(21)18(11)5/h6-8,15H2,1-5H3. The summed E-state index contributed by atoms with van der Waals surface area (Å²) in [5.41, 5.74) is 5.49. The second-order valence-corrected chi connectivity index (χ2v) is 6.23. The number of imidazole rings is 1. The Morgan fingerprint density at radius 1 is 1.19 bits per heavy atom. The fourth-order valence-electron chi connectivity index (χ4n) is 2.48. The van der Waals surface area contributed by atoms with Crippen LogP contribution in [-0.4, -0.2) is 24.2 Å². The molecule has 7 heteroatoms. The van der Waals surface area contributed by atoms with E-state index in [2.05, 4.69) is 4.98 Å². The van der Waals surface area contributed by atoms with E-state index < -0.39 is 5.54 Å². The highest BCUT2D eigenvalue weighted by Gasteiger charge is 2.21. The molecule has 2 aromatic rings. The molecule has 0 amide bonds. The lowest BCUT2D eigenvalue weighted by Crippen LogP contribution is -2.47. The van der Waals surface area contributed by atoms with Crippen LogP contribution in [0, 0.1) is 0 Å². The van der Waals surface area contributed by atoms with E-state index in [-0.39, 0.29) is 17.8 Å². The first kappa shape index (κ1) is 15.5. The molecule has 21 heavy (non-hydrogen) atoms. The molecule has 0 atom stereocenters. The van der Waals surface area contributed by atoms with Crippen LogP contribution < -0.4 is 17.0 Å². The summed E-state index contributed by atoms with van der Waals surface area (Å²) >= 11 is 0. The van der Waals surface area contributed by atoms with E-state index in [1.807, 2.05) is 14.0 Å². The average molecular weight is 293 g/mol. The van der Waals surface area contributed by atoms with Crippen molar-refractivity contribution in [2.75, 3.05) is 0 Å². The van der Waals surface area contributed by atoms with Gasteiger partial charge in [0.1, 0.15) is 5.82 Å². The van der Waals surface area contributed by atoms with Crippen LogP contribution in [0.25, 0.3) is 11.2 Å². The summed E-state index contributed by atoms with van der Waals surface area (Å²) in [6.45, 7) is 5.79. The highest BCUT2D eigenvalue weighted by Crippen LogP contribution is 2.11. The first-order valence-electron chi connectivity index (χ1n) is 7.11. The second kappa shape index (κ2) is 5.14. The molecule has 0 unspecified atom stereocenters. The maximum Gasteiger partial charge on any atom is 0.332 e. The van der Waals surface area contributed by atoms with E-state index in [0.29, 0.717) is 11.2 Å². The molecule has 0 spiro atoms. The second-order valence-electron chi connectivity index (χ2n) is 6.23. The van der Waals surface area contributed by atoms with Crippen molar-refractivity contribution < 1.29 is 0 Å². The number of nitrogens with two attached hydrogens (primary N) is 1. The molecule has 2 aromatic heterocycles. The minimum absolute atomic E-state index is 0.169. The van der Waals surface area contributed by atoms with Gasteiger partial charge in [0.2, 0.25) is 0 Å². The van der Waals surface area contributed by atoms with Crippen LogP contribution >= 0.6 is 0 Å². The van der Waals surface area contributed by atoms with E-state index in [1.165, 1.54) is 9.13 Å². The Balaban J connectivity index is 2.83. The maximum absolute atomic E-state index is 12.7. The Morgan fingerprint density at radius 2 is 1.81 bits per heavy atom. The third-order valence-electron chi connectivity index (χ3n) is 3.49. The van der Waals surface area contributed by atoms with Crippen molar-refractivity contribution in [3.8, 4) is 0 Å². The largest absolute Gasteiger partial charge is 0.332 e. The van der Waals surface area contributed by atoms with Gasteiger partial charge in [-0.05, 0) is 20.3 Å². The van der Waals surface area contributed by atoms with Gasteiger partial charge in [-0.15, -0.1) is 0 Å². The summed E-state index contributed by atoms with van der Waals surface area (Å²) in [5, 5.41) is 0. The van der Waals surface area contributed by atoms with Crippen LogP contribution in [0.15, 0.2) is 9.59 Å². The summed E-state index contributed by atoms with van der Waals surface area (Å²) in [6, 6.07) is 0. The zero-order valence-corrected chi connectivity index (χ0v) is 13.3. The number of nitrogens with zero attached hydrogens (tertiary/aromatic N) is 4. The van der Waals surface area contributed by atoms with Crippen molar-refractivity contribution in [1.82, 2.24) is 18.7 Å². The molecule has 116 valence electrons. The van der Waals surface area contributed by atoms with Gasteiger partial charge in [-0.2, -0.15) is 0 Å². The van der Waals surface area contributed by atoms with Gasteiger partial charge in [0.25, 0.3) is 5.56 Å². The van der Waals surface area contributed by atoms with Crippen LogP contribution in [0.2, 0.25) is 0 Å². The minimum atomic E-state index is -0.644. The summed E-state index contributed by atoms with van der Waals surface area (Å²) in [5.74, 6) is 0.810. The maximum atomic E-state index is 12.7. The SMILES string of the molecule is CCCc1nc2c(c(=O)n(CC(C)(C)N)c(=O)n2C)n1C. The Labute approximate surface area is 123 Å². The number of aromatic nitrogens is 4. The van der Waals surface area contributed by atoms with Gasteiger partial charge >= 0.3 is 5.69 Å². The number of hydrogen-bond donors (Lipinski definition) is 1. The molecule has 0 fully saturated rings. The topological polar surface area (TPSA) is 87.8 Å². The molecule has 2 heterocycles. The van der Waals surface area contributed by atoms with E-state index >= 15 is 0 Å². The van der Waals surface area contributed by atoms with Gasteiger partial charge in [0.05, 0.1) is 0 Å².